The summed E-state index contributed by atoms with van der Waals surface area (Å²) in [5, 5.41) is 13.3. The van der Waals surface area contributed by atoms with Gasteiger partial charge in [-0.1, -0.05) is 5.16 Å². The highest BCUT2D eigenvalue weighted by Crippen LogP contribution is 2.18. The Balaban J connectivity index is 1.61. The fourth-order valence-electron chi connectivity index (χ4n) is 2.57. The molecule has 3 rings (SSSR count). The second kappa shape index (κ2) is 6.93. The summed E-state index contributed by atoms with van der Waals surface area (Å²) in [5.41, 5.74) is 2.19. The molecule has 23 heavy (non-hydrogen) atoms. The summed E-state index contributed by atoms with van der Waals surface area (Å²) in [6.45, 7) is 5.15. The van der Waals surface area contributed by atoms with Crippen molar-refractivity contribution in [3.63, 3.8) is 0 Å². The molecule has 0 spiro atoms. The van der Waals surface area contributed by atoms with E-state index in [1.165, 1.54) is 0 Å². The fraction of sp³-hybridized carbons (Fsp3) is 0.533. The summed E-state index contributed by atoms with van der Waals surface area (Å²) < 4.78 is 16.6. The third-order valence-corrected chi connectivity index (χ3v) is 3.99. The standard InChI is InChI=1S/C15H20N4O4/c1-9-11(10(2)23-19-9)7-22-14-8-21-6-4-12(14)17-15(20)13-3-5-16-18-13/h3,5,12,14H,4,6-8H2,1-2H3,(H,16,18)(H,17,20)/t12-,14-/m1/s1. The first kappa shape index (κ1) is 15.7. The highest BCUT2D eigenvalue weighted by Gasteiger charge is 2.29. The number of hydrogen-bond acceptors (Lipinski definition) is 6. The minimum Gasteiger partial charge on any atom is -0.379 e. The number of aryl methyl sites for hydroxylation is 2. The molecule has 1 aliphatic rings. The maximum atomic E-state index is 12.2. The summed E-state index contributed by atoms with van der Waals surface area (Å²) in [7, 11) is 0. The predicted octanol–water partition coefficient (Wildman–Crippen LogP) is 1.12. The van der Waals surface area contributed by atoms with E-state index in [9.17, 15) is 4.79 Å². The van der Waals surface area contributed by atoms with Gasteiger partial charge in [-0.05, 0) is 26.3 Å². The lowest BCUT2D eigenvalue weighted by molar-refractivity contribution is -0.0739. The van der Waals surface area contributed by atoms with Gasteiger partial charge >= 0.3 is 0 Å². The van der Waals surface area contributed by atoms with Crippen molar-refractivity contribution < 1.29 is 18.8 Å². The lowest BCUT2D eigenvalue weighted by atomic mass is 10.1. The third-order valence-electron chi connectivity index (χ3n) is 3.99. The Morgan fingerprint density at radius 3 is 3.09 bits per heavy atom. The molecule has 124 valence electrons. The molecule has 2 N–H and O–H groups in total. The van der Waals surface area contributed by atoms with E-state index in [4.69, 9.17) is 14.0 Å². The number of H-pyrrole nitrogens is 1. The topological polar surface area (TPSA) is 102 Å². The van der Waals surface area contributed by atoms with Crippen LogP contribution < -0.4 is 5.32 Å². The smallest absolute Gasteiger partial charge is 0.269 e. The number of nitrogens with one attached hydrogen (secondary N) is 2. The van der Waals surface area contributed by atoms with Crippen LogP contribution in [-0.2, 0) is 16.1 Å². The van der Waals surface area contributed by atoms with Gasteiger partial charge in [0.15, 0.2) is 0 Å². The predicted molar refractivity (Wildman–Crippen MR) is 79.8 cm³/mol. The average molecular weight is 320 g/mol. The molecule has 1 saturated heterocycles. The molecule has 1 amide bonds. The number of rotatable bonds is 5. The van der Waals surface area contributed by atoms with Crippen molar-refractivity contribution in [1.29, 1.82) is 0 Å². The van der Waals surface area contributed by atoms with Crippen LogP contribution in [0, 0.1) is 13.8 Å². The third kappa shape index (κ3) is 3.59. The van der Waals surface area contributed by atoms with Gasteiger partial charge in [0.25, 0.3) is 5.91 Å². The highest BCUT2D eigenvalue weighted by molar-refractivity contribution is 5.92. The molecule has 8 nitrogen and oxygen atoms in total. The van der Waals surface area contributed by atoms with Crippen molar-refractivity contribution >= 4 is 5.91 Å². The molecule has 2 aromatic rings. The molecule has 3 heterocycles. The van der Waals surface area contributed by atoms with Crippen LogP contribution >= 0.6 is 0 Å². The van der Waals surface area contributed by atoms with Crippen LogP contribution in [0.5, 0.6) is 0 Å². The zero-order valence-corrected chi connectivity index (χ0v) is 13.2. The minimum atomic E-state index is -0.218. The van der Waals surface area contributed by atoms with Crippen LogP contribution in [-0.4, -0.2) is 46.6 Å². The molecule has 0 radical (unpaired) electrons. The second-order valence-electron chi connectivity index (χ2n) is 5.57. The van der Waals surface area contributed by atoms with Gasteiger partial charge in [-0.25, -0.2) is 0 Å². The van der Waals surface area contributed by atoms with Gasteiger partial charge in [-0.2, -0.15) is 5.10 Å². The Hall–Kier alpha value is -2.19. The number of ether oxygens (including phenoxy) is 2. The van der Waals surface area contributed by atoms with Crippen molar-refractivity contribution in [3.05, 3.63) is 35.0 Å². The first-order valence-corrected chi connectivity index (χ1v) is 7.56. The number of amides is 1. The highest BCUT2D eigenvalue weighted by atomic mass is 16.5. The van der Waals surface area contributed by atoms with Crippen molar-refractivity contribution in [2.24, 2.45) is 0 Å². The van der Waals surface area contributed by atoms with E-state index in [1.807, 2.05) is 13.8 Å². The Bertz CT molecular complexity index is 633. The Morgan fingerprint density at radius 1 is 1.52 bits per heavy atom. The molecule has 0 bridgehead atoms. The van der Waals surface area contributed by atoms with Crippen LogP contribution in [0.3, 0.4) is 0 Å². The maximum absolute atomic E-state index is 12.2. The molecule has 0 saturated carbocycles. The molecule has 1 aliphatic heterocycles. The Morgan fingerprint density at radius 2 is 2.39 bits per heavy atom. The first-order valence-electron chi connectivity index (χ1n) is 7.56. The van der Waals surface area contributed by atoms with Crippen molar-refractivity contribution in [2.75, 3.05) is 13.2 Å². The van der Waals surface area contributed by atoms with E-state index in [0.717, 1.165) is 17.0 Å². The number of aromatic nitrogens is 3. The van der Waals surface area contributed by atoms with E-state index in [-0.39, 0.29) is 18.1 Å². The molecule has 1 fully saturated rings. The summed E-state index contributed by atoms with van der Waals surface area (Å²) in [5.74, 6) is 0.553. The molecule has 0 aliphatic carbocycles. The van der Waals surface area contributed by atoms with Gasteiger partial charge < -0.3 is 19.3 Å². The van der Waals surface area contributed by atoms with Crippen LogP contribution in [0.25, 0.3) is 0 Å². The van der Waals surface area contributed by atoms with Gasteiger partial charge in [-0.15, -0.1) is 0 Å². The zero-order valence-electron chi connectivity index (χ0n) is 13.2. The van der Waals surface area contributed by atoms with Gasteiger partial charge in [0.05, 0.1) is 24.9 Å². The van der Waals surface area contributed by atoms with Crippen LogP contribution in [0.4, 0.5) is 0 Å². The average Bonchev–Trinajstić information content (AvgIpc) is 3.18. The van der Waals surface area contributed by atoms with Gasteiger partial charge in [0.2, 0.25) is 0 Å². The normalized spacial score (nSPS) is 21.3. The van der Waals surface area contributed by atoms with Crippen molar-refractivity contribution in [1.82, 2.24) is 20.7 Å². The van der Waals surface area contributed by atoms with Crippen LogP contribution in [0.15, 0.2) is 16.8 Å². The molecular weight excluding hydrogens is 300 g/mol. The lowest BCUT2D eigenvalue weighted by Gasteiger charge is -2.32. The van der Waals surface area contributed by atoms with E-state index in [2.05, 4.69) is 20.7 Å². The largest absolute Gasteiger partial charge is 0.379 e. The summed E-state index contributed by atoms with van der Waals surface area (Å²) >= 11 is 0. The SMILES string of the molecule is Cc1noc(C)c1CO[C@@H]1COCC[C@H]1NC(=O)c1ccn[nH]1. The number of nitrogens with zero attached hydrogens (tertiary/aromatic N) is 2. The van der Waals surface area contributed by atoms with Crippen molar-refractivity contribution in [2.45, 2.75) is 39.0 Å². The van der Waals surface area contributed by atoms with Gasteiger partial charge in [0, 0.05) is 18.4 Å². The number of carbonyl (C=O) groups excluding carboxylic acids is 1. The fourth-order valence-corrected chi connectivity index (χ4v) is 2.57. The van der Waals surface area contributed by atoms with E-state index in [1.54, 1.807) is 12.3 Å². The monoisotopic (exact) mass is 320 g/mol. The molecule has 0 unspecified atom stereocenters. The number of hydrogen-bond donors (Lipinski definition) is 2. The summed E-state index contributed by atoms with van der Waals surface area (Å²) in [6.07, 6.45) is 2.03. The quantitative estimate of drug-likeness (QED) is 0.856. The molecule has 8 heteroatoms. The Kier molecular flexibility index (Phi) is 4.73. The minimum absolute atomic E-state index is 0.111. The van der Waals surface area contributed by atoms with Crippen molar-refractivity contribution in [3.8, 4) is 0 Å². The van der Waals surface area contributed by atoms with E-state index in [0.29, 0.717) is 31.9 Å². The molecule has 2 aromatic heterocycles. The number of aromatic amines is 1. The molecule has 0 aromatic carbocycles. The maximum Gasteiger partial charge on any atom is 0.269 e. The molecule has 2 atom stereocenters. The number of carbonyl (C=O) groups is 1. The Labute approximate surface area is 133 Å². The van der Waals surface area contributed by atoms with E-state index >= 15 is 0 Å². The van der Waals surface area contributed by atoms with Crippen LogP contribution in [0.2, 0.25) is 0 Å². The van der Waals surface area contributed by atoms with Gasteiger partial charge in [-0.3, -0.25) is 9.89 Å². The van der Waals surface area contributed by atoms with Gasteiger partial charge in [0.1, 0.15) is 17.6 Å². The lowest BCUT2D eigenvalue weighted by Crippen LogP contribution is -2.50. The zero-order chi connectivity index (χ0) is 16.2. The summed E-state index contributed by atoms with van der Waals surface area (Å²) in [4.78, 5) is 12.2. The first-order chi connectivity index (χ1) is 11.1. The van der Waals surface area contributed by atoms with E-state index < -0.39 is 0 Å². The second-order valence-corrected chi connectivity index (χ2v) is 5.57. The molecular formula is C15H20N4O4. The summed E-state index contributed by atoms with van der Waals surface area (Å²) in [6, 6.07) is 1.52. The van der Waals surface area contributed by atoms with Crippen LogP contribution in [0.1, 0.15) is 33.9 Å².